The number of fused-ring (bicyclic) bond motifs is 1. The monoisotopic (exact) mass is 272 g/mol. The van der Waals surface area contributed by atoms with Gasteiger partial charge in [-0.2, -0.15) is 0 Å². The summed E-state index contributed by atoms with van der Waals surface area (Å²) in [4.78, 5) is 13.9. The molecular weight excluding hydrogens is 256 g/mol. The highest BCUT2D eigenvalue weighted by atomic mass is 35.5. The van der Waals surface area contributed by atoms with Gasteiger partial charge in [-0.1, -0.05) is 0 Å². The molecule has 1 saturated carbocycles. The van der Waals surface area contributed by atoms with Gasteiger partial charge in [-0.25, -0.2) is 4.68 Å². The minimum Gasteiger partial charge on any atom is -0.340 e. The van der Waals surface area contributed by atoms with Crippen LogP contribution in [0.5, 0.6) is 0 Å². The molecule has 2 N–H and O–H groups in total. The molecule has 1 aromatic rings. The van der Waals surface area contributed by atoms with Crippen LogP contribution < -0.4 is 5.73 Å². The van der Waals surface area contributed by atoms with Crippen molar-refractivity contribution >= 4 is 18.3 Å². The number of carbonyl (C=O) groups excluding carboxylic acids is 1. The Kier molecular flexibility index (Phi) is 3.82. The summed E-state index contributed by atoms with van der Waals surface area (Å²) in [6.07, 6.45) is 3.71. The van der Waals surface area contributed by atoms with Crippen LogP contribution in [0.3, 0.4) is 0 Å². The topological polar surface area (TPSA) is 89.9 Å². The van der Waals surface area contributed by atoms with E-state index < -0.39 is 0 Å². The lowest BCUT2D eigenvalue weighted by Gasteiger charge is -2.18. The second-order valence-corrected chi connectivity index (χ2v) is 4.97. The maximum absolute atomic E-state index is 12.0. The molecule has 0 bridgehead atoms. The van der Waals surface area contributed by atoms with Crippen LogP contribution in [0, 0.1) is 11.8 Å². The van der Waals surface area contributed by atoms with Crippen molar-refractivity contribution < 1.29 is 4.79 Å². The van der Waals surface area contributed by atoms with Crippen LogP contribution in [0.25, 0.3) is 0 Å². The van der Waals surface area contributed by atoms with Crippen LogP contribution in [0.4, 0.5) is 0 Å². The van der Waals surface area contributed by atoms with E-state index in [4.69, 9.17) is 5.73 Å². The van der Waals surface area contributed by atoms with Crippen molar-refractivity contribution in [2.24, 2.45) is 17.6 Å². The van der Waals surface area contributed by atoms with Gasteiger partial charge in [-0.3, -0.25) is 4.79 Å². The molecule has 0 spiro atoms. The molecule has 0 radical (unpaired) electrons. The van der Waals surface area contributed by atoms with Crippen molar-refractivity contribution in [3.8, 4) is 0 Å². The van der Waals surface area contributed by atoms with E-state index in [1.807, 2.05) is 4.90 Å². The van der Waals surface area contributed by atoms with Crippen LogP contribution in [0.15, 0.2) is 6.33 Å². The van der Waals surface area contributed by atoms with E-state index in [0.717, 1.165) is 25.9 Å². The number of halogens is 1. The van der Waals surface area contributed by atoms with E-state index in [1.165, 1.54) is 11.0 Å². The van der Waals surface area contributed by atoms with E-state index in [0.29, 0.717) is 11.8 Å². The number of nitrogens with two attached hydrogens (primary N) is 1. The Bertz CT molecular complexity index is 411. The summed E-state index contributed by atoms with van der Waals surface area (Å²) < 4.78 is 1.45. The predicted molar refractivity (Wildman–Crippen MR) is 65.8 cm³/mol. The zero-order valence-corrected chi connectivity index (χ0v) is 10.8. The molecule has 2 aliphatic rings. The Balaban J connectivity index is 0.00000120. The van der Waals surface area contributed by atoms with Gasteiger partial charge in [-0.15, -0.1) is 17.5 Å². The molecule has 3 unspecified atom stereocenters. The molecule has 1 saturated heterocycles. The minimum absolute atomic E-state index is 0. The third-order valence-electron chi connectivity index (χ3n) is 3.95. The molecule has 1 aromatic heterocycles. The summed E-state index contributed by atoms with van der Waals surface area (Å²) in [5.74, 6) is 1.18. The number of hydrogen-bond donors (Lipinski definition) is 1. The lowest BCUT2D eigenvalue weighted by Crippen LogP contribution is -2.35. The van der Waals surface area contributed by atoms with Crippen molar-refractivity contribution in [3.63, 3.8) is 0 Å². The maximum atomic E-state index is 12.0. The first kappa shape index (κ1) is 13.2. The zero-order chi connectivity index (χ0) is 11.8. The largest absolute Gasteiger partial charge is 0.340 e. The molecule has 1 aliphatic carbocycles. The molecule has 7 nitrogen and oxygen atoms in total. The van der Waals surface area contributed by atoms with Gasteiger partial charge in [0.1, 0.15) is 12.9 Å². The van der Waals surface area contributed by atoms with Gasteiger partial charge in [0, 0.05) is 19.1 Å². The normalized spacial score (nSPS) is 30.1. The Hall–Kier alpha value is -1.21. The molecule has 18 heavy (non-hydrogen) atoms. The van der Waals surface area contributed by atoms with E-state index in [1.54, 1.807) is 0 Å². The van der Waals surface area contributed by atoms with Gasteiger partial charge in [0.05, 0.1) is 0 Å². The Morgan fingerprint density at radius 1 is 1.39 bits per heavy atom. The quantitative estimate of drug-likeness (QED) is 0.768. The SMILES string of the molecule is Cl.NC1CCC2CN(C(=O)Cn3cnnn3)CC12. The molecule has 0 aromatic carbocycles. The van der Waals surface area contributed by atoms with Gasteiger partial charge >= 0.3 is 0 Å². The molecule has 3 rings (SSSR count). The fourth-order valence-electron chi connectivity index (χ4n) is 3.00. The first-order valence-electron chi connectivity index (χ1n) is 5.98. The van der Waals surface area contributed by atoms with Gasteiger partial charge in [0.2, 0.25) is 5.91 Å². The van der Waals surface area contributed by atoms with E-state index in [9.17, 15) is 4.79 Å². The number of nitrogens with zero attached hydrogens (tertiary/aromatic N) is 5. The van der Waals surface area contributed by atoms with Gasteiger partial charge in [0.15, 0.2) is 0 Å². The molecule has 1 aliphatic heterocycles. The highest BCUT2D eigenvalue weighted by molar-refractivity contribution is 5.85. The highest BCUT2D eigenvalue weighted by Crippen LogP contribution is 2.37. The first-order valence-corrected chi connectivity index (χ1v) is 5.98. The summed E-state index contributed by atoms with van der Waals surface area (Å²) in [7, 11) is 0. The maximum Gasteiger partial charge on any atom is 0.244 e. The molecule has 100 valence electrons. The van der Waals surface area contributed by atoms with Crippen molar-refractivity contribution in [1.29, 1.82) is 0 Å². The third-order valence-corrected chi connectivity index (χ3v) is 3.95. The molecular formula is C10H17ClN6O. The van der Waals surface area contributed by atoms with Crippen LogP contribution in [-0.2, 0) is 11.3 Å². The van der Waals surface area contributed by atoms with Crippen LogP contribution in [-0.4, -0.2) is 50.1 Å². The van der Waals surface area contributed by atoms with E-state index in [-0.39, 0.29) is 30.9 Å². The second kappa shape index (κ2) is 5.19. The number of likely N-dealkylation sites (tertiary alicyclic amines) is 1. The lowest BCUT2D eigenvalue weighted by molar-refractivity contribution is -0.131. The molecule has 2 heterocycles. The summed E-state index contributed by atoms with van der Waals surface area (Å²) in [6.45, 7) is 1.87. The first-order chi connectivity index (χ1) is 8.24. The van der Waals surface area contributed by atoms with Crippen LogP contribution in [0.2, 0.25) is 0 Å². The number of rotatable bonds is 2. The number of hydrogen-bond acceptors (Lipinski definition) is 5. The average molecular weight is 273 g/mol. The average Bonchev–Trinajstić information content (AvgIpc) is 2.97. The molecule has 1 amide bonds. The Labute approximate surface area is 111 Å². The standard InChI is InChI=1S/C10H16N6O.ClH/c11-9-2-1-7-3-15(4-8(7)9)10(17)5-16-6-12-13-14-16;/h6-9H,1-5,11H2;1H. The molecule has 2 fully saturated rings. The number of aromatic nitrogens is 4. The predicted octanol–water partition coefficient (Wildman–Crippen LogP) is -0.709. The Morgan fingerprint density at radius 3 is 2.89 bits per heavy atom. The zero-order valence-electron chi connectivity index (χ0n) is 9.97. The fraction of sp³-hybridized carbons (Fsp3) is 0.800. The molecule has 8 heteroatoms. The van der Waals surface area contributed by atoms with E-state index in [2.05, 4.69) is 15.5 Å². The summed E-state index contributed by atoms with van der Waals surface area (Å²) in [5, 5.41) is 10.7. The molecule has 3 atom stereocenters. The van der Waals surface area contributed by atoms with Crippen LogP contribution in [0.1, 0.15) is 12.8 Å². The number of carbonyl (C=O) groups is 1. The summed E-state index contributed by atoms with van der Waals surface area (Å²) >= 11 is 0. The second-order valence-electron chi connectivity index (χ2n) is 4.97. The summed E-state index contributed by atoms with van der Waals surface area (Å²) in [6, 6.07) is 0.269. The van der Waals surface area contributed by atoms with Crippen molar-refractivity contribution in [3.05, 3.63) is 6.33 Å². The third kappa shape index (κ3) is 2.32. The number of amides is 1. The van der Waals surface area contributed by atoms with Gasteiger partial charge in [-0.05, 0) is 35.1 Å². The smallest absolute Gasteiger partial charge is 0.244 e. The van der Waals surface area contributed by atoms with Crippen molar-refractivity contribution in [2.45, 2.75) is 25.4 Å². The highest BCUT2D eigenvalue weighted by Gasteiger charge is 2.42. The number of tetrazole rings is 1. The Morgan fingerprint density at radius 2 is 2.22 bits per heavy atom. The van der Waals surface area contributed by atoms with E-state index >= 15 is 0 Å². The fourth-order valence-corrected chi connectivity index (χ4v) is 3.00. The van der Waals surface area contributed by atoms with Crippen molar-refractivity contribution in [1.82, 2.24) is 25.1 Å². The summed E-state index contributed by atoms with van der Waals surface area (Å²) in [5.41, 5.74) is 6.04. The minimum atomic E-state index is 0. The van der Waals surface area contributed by atoms with Gasteiger partial charge in [0.25, 0.3) is 0 Å². The van der Waals surface area contributed by atoms with Crippen molar-refractivity contribution in [2.75, 3.05) is 13.1 Å². The van der Waals surface area contributed by atoms with Crippen LogP contribution >= 0.6 is 12.4 Å². The van der Waals surface area contributed by atoms with Gasteiger partial charge < -0.3 is 10.6 Å². The lowest BCUT2D eigenvalue weighted by atomic mass is 9.98.